The number of benzene rings is 2. The minimum absolute atomic E-state index is 0.328. The van der Waals surface area contributed by atoms with Crippen molar-refractivity contribution >= 4 is 23.2 Å². The molecule has 1 saturated carbocycles. The van der Waals surface area contributed by atoms with E-state index >= 15 is 0 Å². The Morgan fingerprint density at radius 2 is 1.67 bits per heavy atom. The van der Waals surface area contributed by atoms with Crippen LogP contribution in [0.25, 0.3) is 0 Å². The van der Waals surface area contributed by atoms with E-state index < -0.39 is 0 Å². The van der Waals surface area contributed by atoms with Crippen molar-refractivity contribution in [2.75, 3.05) is 0 Å². The number of halogens is 2. The van der Waals surface area contributed by atoms with Crippen molar-refractivity contribution in [3.8, 4) is 0 Å². The van der Waals surface area contributed by atoms with Gasteiger partial charge in [-0.3, -0.25) is 0 Å². The molecule has 0 amide bonds. The van der Waals surface area contributed by atoms with Crippen LogP contribution in [0, 0.1) is 0 Å². The average Bonchev–Trinajstić information content (AvgIpc) is 2.42. The van der Waals surface area contributed by atoms with Gasteiger partial charge in [-0.05, 0) is 61.1 Å². The number of hydrogen-bond donors (Lipinski definition) is 1. The van der Waals surface area contributed by atoms with Crippen LogP contribution in [0.3, 0.4) is 0 Å². The summed E-state index contributed by atoms with van der Waals surface area (Å²) in [5.41, 5.74) is 2.60. The van der Waals surface area contributed by atoms with Gasteiger partial charge >= 0.3 is 0 Å². The van der Waals surface area contributed by atoms with Crippen LogP contribution in [0.2, 0.25) is 10.0 Å². The third kappa shape index (κ3) is 3.60. The number of rotatable bonds is 4. The summed E-state index contributed by atoms with van der Waals surface area (Å²) in [5, 5.41) is 5.31. The number of hydrogen-bond acceptors (Lipinski definition) is 1. The van der Waals surface area contributed by atoms with Crippen molar-refractivity contribution in [1.82, 2.24) is 5.32 Å². The van der Waals surface area contributed by atoms with Gasteiger partial charge in [-0.25, -0.2) is 0 Å². The predicted molar refractivity (Wildman–Crippen MR) is 90.2 cm³/mol. The number of nitrogens with one attached hydrogen (secondary N) is 1. The van der Waals surface area contributed by atoms with Gasteiger partial charge in [0.25, 0.3) is 0 Å². The molecule has 0 aromatic heterocycles. The molecular weight excluding hydrogens is 301 g/mol. The van der Waals surface area contributed by atoms with Crippen molar-refractivity contribution in [1.29, 1.82) is 0 Å². The summed E-state index contributed by atoms with van der Waals surface area (Å²) in [6.45, 7) is 2.19. The van der Waals surface area contributed by atoms with Gasteiger partial charge in [-0.2, -0.15) is 0 Å². The lowest BCUT2D eigenvalue weighted by molar-refractivity contribution is 0.271. The first-order valence-electron chi connectivity index (χ1n) is 7.39. The SMILES string of the molecule is C[C@H](NC1CC(c2cccc(Cl)c2)C1)c1cccc(Cl)c1. The largest absolute Gasteiger partial charge is 0.307 e. The molecule has 1 nitrogen and oxygen atoms in total. The maximum atomic E-state index is 6.06. The fraction of sp³-hybridized carbons (Fsp3) is 0.333. The zero-order chi connectivity index (χ0) is 14.8. The third-order valence-corrected chi connectivity index (χ3v) is 4.76. The molecule has 1 N–H and O–H groups in total. The Labute approximate surface area is 136 Å². The minimum atomic E-state index is 0.328. The molecule has 0 bridgehead atoms. The van der Waals surface area contributed by atoms with Gasteiger partial charge in [-0.1, -0.05) is 47.5 Å². The fourth-order valence-corrected chi connectivity index (χ4v) is 3.41. The molecule has 0 heterocycles. The summed E-state index contributed by atoms with van der Waals surface area (Å²) in [4.78, 5) is 0. The maximum Gasteiger partial charge on any atom is 0.0409 e. The highest BCUT2D eigenvalue weighted by molar-refractivity contribution is 6.30. The highest BCUT2D eigenvalue weighted by Crippen LogP contribution is 2.38. The van der Waals surface area contributed by atoms with Gasteiger partial charge in [0.1, 0.15) is 0 Å². The highest BCUT2D eigenvalue weighted by Gasteiger charge is 2.31. The summed E-state index contributed by atoms with van der Waals surface area (Å²) in [5.74, 6) is 0.632. The average molecular weight is 320 g/mol. The van der Waals surface area contributed by atoms with Crippen LogP contribution in [0.4, 0.5) is 0 Å². The van der Waals surface area contributed by atoms with Crippen molar-refractivity contribution in [3.63, 3.8) is 0 Å². The van der Waals surface area contributed by atoms with Crippen LogP contribution >= 0.6 is 23.2 Å². The van der Waals surface area contributed by atoms with Crippen molar-refractivity contribution in [2.24, 2.45) is 0 Å². The first kappa shape index (κ1) is 14.9. The van der Waals surface area contributed by atoms with E-state index in [4.69, 9.17) is 23.2 Å². The molecule has 0 spiro atoms. The third-order valence-electron chi connectivity index (χ3n) is 4.29. The summed E-state index contributed by atoms with van der Waals surface area (Å²) < 4.78 is 0. The van der Waals surface area contributed by atoms with Crippen LogP contribution < -0.4 is 5.32 Å². The quantitative estimate of drug-likeness (QED) is 0.774. The molecule has 0 aliphatic heterocycles. The zero-order valence-electron chi connectivity index (χ0n) is 12.0. The normalized spacial score (nSPS) is 22.6. The molecule has 0 saturated heterocycles. The van der Waals surface area contributed by atoms with Crippen LogP contribution in [0.15, 0.2) is 48.5 Å². The van der Waals surface area contributed by atoms with Gasteiger partial charge in [-0.15, -0.1) is 0 Å². The van der Waals surface area contributed by atoms with E-state index in [0.29, 0.717) is 18.0 Å². The Kier molecular flexibility index (Phi) is 4.54. The summed E-state index contributed by atoms with van der Waals surface area (Å²) in [6, 6.07) is 17.2. The molecular formula is C18H19Cl2N. The van der Waals surface area contributed by atoms with Crippen molar-refractivity contribution < 1.29 is 0 Å². The lowest BCUT2D eigenvalue weighted by Crippen LogP contribution is -2.41. The van der Waals surface area contributed by atoms with E-state index in [2.05, 4.69) is 30.4 Å². The molecule has 3 rings (SSSR count). The Morgan fingerprint density at radius 3 is 2.33 bits per heavy atom. The van der Waals surface area contributed by atoms with Gasteiger partial charge in [0.05, 0.1) is 0 Å². The van der Waals surface area contributed by atoms with Gasteiger partial charge in [0.2, 0.25) is 0 Å². The topological polar surface area (TPSA) is 12.0 Å². The molecule has 1 aliphatic carbocycles. The summed E-state index contributed by atoms with van der Waals surface area (Å²) in [7, 11) is 0. The van der Waals surface area contributed by atoms with Crippen LogP contribution in [0.5, 0.6) is 0 Å². The first-order chi connectivity index (χ1) is 10.1. The van der Waals surface area contributed by atoms with Gasteiger partial charge < -0.3 is 5.32 Å². The fourth-order valence-electron chi connectivity index (χ4n) is 3.01. The maximum absolute atomic E-state index is 6.06. The Hall–Kier alpha value is -1.02. The van der Waals surface area contributed by atoms with E-state index in [1.807, 2.05) is 30.3 Å². The molecule has 0 radical (unpaired) electrons. The Balaban J connectivity index is 1.55. The van der Waals surface area contributed by atoms with E-state index in [1.165, 1.54) is 24.0 Å². The van der Waals surface area contributed by atoms with Crippen LogP contribution in [-0.4, -0.2) is 6.04 Å². The zero-order valence-corrected chi connectivity index (χ0v) is 13.5. The standard InChI is InChI=1S/C18H19Cl2N/c1-12(13-4-2-6-16(19)8-13)21-18-10-15(11-18)14-5-3-7-17(20)9-14/h2-9,12,15,18,21H,10-11H2,1H3/t12-,15?,18?/m0/s1. The molecule has 2 aromatic carbocycles. The van der Waals surface area contributed by atoms with Gasteiger partial charge in [0, 0.05) is 22.1 Å². The van der Waals surface area contributed by atoms with E-state index in [9.17, 15) is 0 Å². The highest BCUT2D eigenvalue weighted by atomic mass is 35.5. The molecule has 3 heteroatoms. The van der Waals surface area contributed by atoms with E-state index in [0.717, 1.165) is 10.0 Å². The minimum Gasteiger partial charge on any atom is -0.307 e. The Bertz CT molecular complexity index is 620. The Morgan fingerprint density at radius 1 is 1.00 bits per heavy atom. The van der Waals surface area contributed by atoms with Crippen molar-refractivity contribution in [3.05, 3.63) is 69.7 Å². The summed E-state index contributed by atoms with van der Waals surface area (Å²) in [6.07, 6.45) is 2.34. The molecule has 1 aliphatic rings. The second-order valence-electron chi connectivity index (χ2n) is 5.86. The molecule has 0 unspecified atom stereocenters. The van der Waals surface area contributed by atoms with E-state index in [1.54, 1.807) is 0 Å². The molecule has 110 valence electrons. The lowest BCUT2D eigenvalue weighted by Gasteiger charge is -2.38. The molecule has 1 atom stereocenters. The van der Waals surface area contributed by atoms with Crippen LogP contribution in [0.1, 0.15) is 42.9 Å². The predicted octanol–water partition coefficient (Wildman–Crippen LogP) is 5.59. The summed E-state index contributed by atoms with van der Waals surface area (Å²) >= 11 is 12.1. The molecule has 1 fully saturated rings. The van der Waals surface area contributed by atoms with Gasteiger partial charge in [0.15, 0.2) is 0 Å². The monoisotopic (exact) mass is 319 g/mol. The van der Waals surface area contributed by atoms with Crippen molar-refractivity contribution in [2.45, 2.75) is 37.8 Å². The lowest BCUT2D eigenvalue weighted by atomic mass is 9.75. The van der Waals surface area contributed by atoms with Crippen LogP contribution in [-0.2, 0) is 0 Å². The van der Waals surface area contributed by atoms with E-state index in [-0.39, 0.29) is 0 Å². The first-order valence-corrected chi connectivity index (χ1v) is 8.14. The second kappa shape index (κ2) is 6.39. The molecule has 21 heavy (non-hydrogen) atoms. The smallest absolute Gasteiger partial charge is 0.0409 e. The molecule has 2 aromatic rings. The second-order valence-corrected chi connectivity index (χ2v) is 6.74.